The summed E-state index contributed by atoms with van der Waals surface area (Å²) in [6, 6.07) is 15.9. The van der Waals surface area contributed by atoms with Crippen molar-refractivity contribution in [2.45, 2.75) is 18.2 Å². The fraction of sp³-hybridized carbons (Fsp3) is 0.115. The second-order valence-corrected chi connectivity index (χ2v) is 10.2. The molecule has 0 heterocycles. The van der Waals surface area contributed by atoms with E-state index in [1.165, 1.54) is 25.3 Å². The molecule has 38 heavy (non-hydrogen) atoms. The van der Waals surface area contributed by atoms with Crippen LogP contribution in [-0.2, 0) is 16.5 Å². The summed E-state index contributed by atoms with van der Waals surface area (Å²) in [5.41, 5.74) is 0.581. The van der Waals surface area contributed by atoms with Crippen LogP contribution in [-0.4, -0.2) is 31.1 Å². The van der Waals surface area contributed by atoms with E-state index >= 15 is 0 Å². The van der Waals surface area contributed by atoms with E-state index in [9.17, 15) is 22.9 Å². The van der Waals surface area contributed by atoms with Gasteiger partial charge in [0.1, 0.15) is 16.3 Å². The molecular formula is C26H21Cl2N3O6S. The number of carbonyl (C=O) groups excluding carboxylic acids is 1. The third kappa shape index (κ3) is 5.44. The number of nitrogens with one attached hydrogen (secondary N) is 1. The monoisotopic (exact) mass is 573 g/mol. The van der Waals surface area contributed by atoms with Gasteiger partial charge in [-0.05, 0) is 42.1 Å². The number of rotatable bonds is 7. The molecule has 0 aliphatic heterocycles. The van der Waals surface area contributed by atoms with Crippen LogP contribution in [0.25, 0.3) is 10.8 Å². The Morgan fingerprint density at radius 1 is 1.03 bits per heavy atom. The molecule has 3 N–H and O–H groups in total. The van der Waals surface area contributed by atoms with Crippen molar-refractivity contribution in [1.82, 2.24) is 0 Å². The first-order valence-electron chi connectivity index (χ1n) is 11.1. The Hall–Kier alpha value is -3.70. The third-order valence-electron chi connectivity index (χ3n) is 5.71. The molecule has 0 radical (unpaired) electrons. The van der Waals surface area contributed by atoms with Gasteiger partial charge >= 0.3 is 0 Å². The van der Waals surface area contributed by atoms with Crippen molar-refractivity contribution >= 4 is 67.1 Å². The summed E-state index contributed by atoms with van der Waals surface area (Å²) in [4.78, 5) is 12.7. The van der Waals surface area contributed by atoms with Crippen molar-refractivity contribution in [1.29, 1.82) is 0 Å². The first kappa shape index (κ1) is 27.3. The van der Waals surface area contributed by atoms with Gasteiger partial charge in [0.2, 0.25) is 0 Å². The molecule has 4 aromatic carbocycles. The summed E-state index contributed by atoms with van der Waals surface area (Å²) in [6.45, 7) is 1.67. The highest BCUT2D eigenvalue weighted by atomic mass is 35.5. The first-order valence-corrected chi connectivity index (χ1v) is 13.3. The Balaban J connectivity index is 1.82. The molecule has 0 bridgehead atoms. The van der Waals surface area contributed by atoms with Crippen molar-refractivity contribution in [3.63, 3.8) is 0 Å². The molecule has 4 aromatic rings. The van der Waals surface area contributed by atoms with Gasteiger partial charge in [0, 0.05) is 22.7 Å². The lowest BCUT2D eigenvalue weighted by Crippen LogP contribution is -2.12. The Morgan fingerprint density at radius 3 is 2.42 bits per heavy atom. The standard InChI is InChI=1S/C26H21Cl2N3O6S/c1-3-16-21(11-10-20(28)25(16)38(34,35)36)30-31-23-17-7-5-4-6-14(17)12-18(24(23)32)26(33)29-15-8-9-19(27)22(13-15)37-2/h4-13,32H,3H2,1-2H3,(H,29,33)(H,34,35,36). The predicted octanol–water partition coefficient (Wildman–Crippen LogP) is 7.34. The molecule has 0 saturated carbocycles. The van der Waals surface area contributed by atoms with Crippen molar-refractivity contribution in [3.8, 4) is 11.5 Å². The minimum Gasteiger partial charge on any atom is -0.505 e. The number of hydrogen-bond acceptors (Lipinski definition) is 7. The fourth-order valence-corrected chi connectivity index (χ4v) is 5.47. The van der Waals surface area contributed by atoms with E-state index in [-0.39, 0.29) is 33.9 Å². The Kier molecular flexibility index (Phi) is 7.89. The van der Waals surface area contributed by atoms with Crippen molar-refractivity contribution < 1.29 is 27.6 Å². The van der Waals surface area contributed by atoms with E-state index in [2.05, 4.69) is 15.5 Å². The van der Waals surface area contributed by atoms with E-state index in [0.717, 1.165) is 0 Å². The number of phenolic OH excluding ortho intramolecular Hbond substituents is 1. The van der Waals surface area contributed by atoms with E-state index in [0.29, 0.717) is 27.2 Å². The molecule has 0 atom stereocenters. The number of benzene rings is 4. The lowest BCUT2D eigenvalue weighted by molar-refractivity contribution is 0.102. The highest BCUT2D eigenvalue weighted by Crippen LogP contribution is 2.41. The van der Waals surface area contributed by atoms with Crippen LogP contribution in [0.4, 0.5) is 17.1 Å². The van der Waals surface area contributed by atoms with Crippen molar-refractivity contribution in [3.05, 3.63) is 81.8 Å². The number of halogens is 2. The summed E-state index contributed by atoms with van der Waals surface area (Å²) in [7, 11) is -3.19. The molecule has 0 unspecified atom stereocenters. The largest absolute Gasteiger partial charge is 0.505 e. The number of phenols is 1. The molecule has 0 fully saturated rings. The summed E-state index contributed by atoms with van der Waals surface area (Å²) in [5, 5.41) is 23.5. The summed E-state index contributed by atoms with van der Waals surface area (Å²) < 4.78 is 38.7. The van der Waals surface area contributed by atoms with Crippen LogP contribution < -0.4 is 10.1 Å². The van der Waals surface area contributed by atoms with Gasteiger partial charge < -0.3 is 15.2 Å². The maximum atomic E-state index is 13.2. The quantitative estimate of drug-likeness (QED) is 0.156. The van der Waals surface area contributed by atoms with Gasteiger partial charge in [0.15, 0.2) is 5.75 Å². The number of azo groups is 1. The lowest BCUT2D eigenvalue weighted by Gasteiger charge is -2.13. The number of hydrogen-bond donors (Lipinski definition) is 3. The van der Waals surface area contributed by atoms with E-state index < -0.39 is 26.7 Å². The molecule has 0 aliphatic carbocycles. The maximum Gasteiger partial charge on any atom is 0.296 e. The molecule has 12 heteroatoms. The van der Waals surface area contributed by atoms with E-state index in [1.807, 2.05) is 0 Å². The molecule has 196 valence electrons. The van der Waals surface area contributed by atoms with Crippen LogP contribution in [0.15, 0.2) is 75.8 Å². The predicted molar refractivity (Wildman–Crippen MR) is 146 cm³/mol. The fourth-order valence-electron chi connectivity index (χ4n) is 3.93. The number of fused-ring (bicyclic) bond motifs is 1. The van der Waals surface area contributed by atoms with Crippen LogP contribution in [0, 0.1) is 0 Å². The zero-order chi connectivity index (χ0) is 27.6. The number of anilines is 1. The van der Waals surface area contributed by atoms with Crippen molar-refractivity contribution in [2.75, 3.05) is 12.4 Å². The second kappa shape index (κ2) is 11.0. The number of ether oxygens (including phenoxy) is 1. The SMILES string of the molecule is CCc1c(N=Nc2c(O)c(C(=O)Nc3ccc(Cl)c(OC)c3)cc3ccccc23)ccc(Cl)c1S(=O)(=O)O. The highest BCUT2D eigenvalue weighted by Gasteiger charge is 2.23. The molecule has 0 aliphatic rings. The van der Waals surface area contributed by atoms with Gasteiger partial charge in [0.25, 0.3) is 16.0 Å². The van der Waals surface area contributed by atoms with Crippen LogP contribution >= 0.6 is 23.2 Å². The Morgan fingerprint density at radius 2 is 1.74 bits per heavy atom. The minimum atomic E-state index is -4.63. The average molecular weight is 574 g/mol. The second-order valence-electron chi connectivity index (χ2n) is 8.05. The average Bonchev–Trinajstić information content (AvgIpc) is 2.88. The Labute approximate surface area is 228 Å². The van der Waals surface area contributed by atoms with E-state index in [1.54, 1.807) is 49.4 Å². The maximum absolute atomic E-state index is 13.2. The van der Waals surface area contributed by atoms with Gasteiger partial charge in [-0.1, -0.05) is 54.4 Å². The van der Waals surface area contributed by atoms with Crippen LogP contribution in [0.5, 0.6) is 11.5 Å². The summed E-state index contributed by atoms with van der Waals surface area (Å²) in [6.07, 6.45) is 0.170. The molecular weight excluding hydrogens is 553 g/mol. The Bertz CT molecular complexity index is 1710. The molecule has 9 nitrogen and oxygen atoms in total. The molecule has 0 spiro atoms. The number of aromatic hydroxyl groups is 1. The minimum absolute atomic E-state index is 0.00709. The molecule has 0 saturated heterocycles. The third-order valence-corrected chi connectivity index (χ3v) is 7.43. The summed E-state index contributed by atoms with van der Waals surface area (Å²) in [5.74, 6) is -0.697. The van der Waals surface area contributed by atoms with Crippen LogP contribution in [0.2, 0.25) is 10.0 Å². The first-order chi connectivity index (χ1) is 18.0. The van der Waals surface area contributed by atoms with Gasteiger partial charge in [-0.2, -0.15) is 13.5 Å². The lowest BCUT2D eigenvalue weighted by atomic mass is 10.0. The number of methoxy groups -OCH3 is 1. The zero-order valence-electron chi connectivity index (χ0n) is 20.1. The number of carbonyl (C=O) groups is 1. The van der Waals surface area contributed by atoms with E-state index in [4.69, 9.17) is 27.9 Å². The normalized spacial score (nSPS) is 11.7. The molecule has 1 amide bonds. The van der Waals surface area contributed by atoms with Gasteiger partial charge in [0.05, 0.1) is 28.4 Å². The van der Waals surface area contributed by atoms with Gasteiger partial charge in [-0.3, -0.25) is 9.35 Å². The topological polar surface area (TPSA) is 138 Å². The number of amides is 1. The van der Waals surface area contributed by atoms with Crippen molar-refractivity contribution in [2.24, 2.45) is 10.2 Å². The highest BCUT2D eigenvalue weighted by molar-refractivity contribution is 7.86. The van der Waals surface area contributed by atoms with Crippen LogP contribution in [0.3, 0.4) is 0 Å². The zero-order valence-corrected chi connectivity index (χ0v) is 22.4. The number of nitrogens with zero attached hydrogens (tertiary/aromatic N) is 2. The molecule has 4 rings (SSSR count). The van der Waals surface area contributed by atoms with Gasteiger partial charge in [-0.25, -0.2) is 0 Å². The van der Waals surface area contributed by atoms with Crippen LogP contribution in [0.1, 0.15) is 22.8 Å². The summed E-state index contributed by atoms with van der Waals surface area (Å²) >= 11 is 12.1. The van der Waals surface area contributed by atoms with Gasteiger partial charge in [-0.15, -0.1) is 5.11 Å². The smallest absolute Gasteiger partial charge is 0.296 e. The molecule has 0 aromatic heterocycles.